The van der Waals surface area contributed by atoms with Gasteiger partial charge in [0.05, 0.1) is 18.4 Å². The van der Waals surface area contributed by atoms with Crippen LogP contribution in [-0.2, 0) is 35.5 Å². The molecule has 0 radical (unpaired) electrons. The number of esters is 1. The summed E-state index contributed by atoms with van der Waals surface area (Å²) in [4.78, 5) is 36.4. The fraction of sp³-hybridized carbons (Fsp3) is 0.500. The number of aromatic nitrogens is 2. The van der Waals surface area contributed by atoms with E-state index in [4.69, 9.17) is 9.47 Å². The minimum absolute atomic E-state index is 0.00158. The molecule has 2 atom stereocenters. The molecule has 1 aliphatic carbocycles. The SMILES string of the molecule is COc1ccc(C(=O)OCc2cc(=O)n(C)c(=O)n2C)cc1S(=O)(=O)N[C@@H]1CCCC[C@H]1C. The van der Waals surface area contributed by atoms with Crippen LogP contribution >= 0.6 is 0 Å². The molecule has 1 saturated carbocycles. The van der Waals surface area contributed by atoms with Gasteiger partial charge >= 0.3 is 11.7 Å². The maximum atomic E-state index is 13.1. The molecule has 0 aliphatic heterocycles. The van der Waals surface area contributed by atoms with Gasteiger partial charge in [0.1, 0.15) is 17.3 Å². The highest BCUT2D eigenvalue weighted by Crippen LogP contribution is 2.29. The maximum Gasteiger partial charge on any atom is 0.338 e. The van der Waals surface area contributed by atoms with Crippen molar-refractivity contribution in [1.82, 2.24) is 13.9 Å². The van der Waals surface area contributed by atoms with E-state index in [1.54, 1.807) is 0 Å². The molecular weight excluding hydrogens is 450 g/mol. The van der Waals surface area contributed by atoms with Gasteiger partial charge in [0.25, 0.3) is 5.56 Å². The van der Waals surface area contributed by atoms with E-state index in [2.05, 4.69) is 4.72 Å². The Bertz CT molecular complexity index is 1260. The first-order chi connectivity index (χ1) is 15.5. The van der Waals surface area contributed by atoms with Gasteiger partial charge in [-0.05, 0) is 37.0 Å². The van der Waals surface area contributed by atoms with Gasteiger partial charge < -0.3 is 9.47 Å². The summed E-state index contributed by atoms with van der Waals surface area (Å²) >= 11 is 0. The molecule has 0 amide bonds. The van der Waals surface area contributed by atoms with Gasteiger partial charge in [-0.1, -0.05) is 19.8 Å². The topological polar surface area (TPSA) is 126 Å². The fourth-order valence-electron chi connectivity index (χ4n) is 3.91. The van der Waals surface area contributed by atoms with Gasteiger partial charge in [-0.25, -0.2) is 22.7 Å². The Morgan fingerprint density at radius 2 is 1.82 bits per heavy atom. The van der Waals surface area contributed by atoms with Crippen molar-refractivity contribution in [2.24, 2.45) is 20.0 Å². The average molecular weight is 480 g/mol. The molecule has 0 saturated heterocycles. The van der Waals surface area contributed by atoms with Crippen LogP contribution in [0, 0.1) is 5.92 Å². The highest BCUT2D eigenvalue weighted by atomic mass is 32.2. The number of sulfonamides is 1. The lowest BCUT2D eigenvalue weighted by Gasteiger charge is -2.29. The van der Waals surface area contributed by atoms with Crippen LogP contribution in [0.3, 0.4) is 0 Å². The number of nitrogens with one attached hydrogen (secondary N) is 1. The second-order valence-electron chi connectivity index (χ2n) is 8.31. The highest BCUT2D eigenvalue weighted by molar-refractivity contribution is 7.89. The Morgan fingerprint density at radius 1 is 1.12 bits per heavy atom. The Kier molecular flexibility index (Phi) is 7.43. The number of nitrogens with zero attached hydrogens (tertiary/aromatic N) is 2. The highest BCUT2D eigenvalue weighted by Gasteiger charge is 2.29. The lowest BCUT2D eigenvalue weighted by atomic mass is 9.87. The van der Waals surface area contributed by atoms with E-state index in [1.807, 2.05) is 6.92 Å². The zero-order valence-corrected chi connectivity index (χ0v) is 20.0. The minimum Gasteiger partial charge on any atom is -0.495 e. The summed E-state index contributed by atoms with van der Waals surface area (Å²) in [5, 5.41) is 0. The number of carbonyl (C=O) groups excluding carboxylic acids is 1. The van der Waals surface area contributed by atoms with E-state index in [1.165, 1.54) is 50.0 Å². The Morgan fingerprint density at radius 3 is 2.48 bits per heavy atom. The van der Waals surface area contributed by atoms with E-state index in [0.717, 1.165) is 30.3 Å². The lowest BCUT2D eigenvalue weighted by molar-refractivity contribution is 0.0462. The van der Waals surface area contributed by atoms with Crippen LogP contribution in [0.2, 0.25) is 0 Å². The lowest BCUT2D eigenvalue weighted by Crippen LogP contribution is -2.41. The van der Waals surface area contributed by atoms with Gasteiger partial charge in [0, 0.05) is 26.2 Å². The molecule has 1 fully saturated rings. The van der Waals surface area contributed by atoms with Crippen LogP contribution in [0.15, 0.2) is 38.8 Å². The van der Waals surface area contributed by atoms with E-state index < -0.39 is 27.2 Å². The van der Waals surface area contributed by atoms with Crippen molar-refractivity contribution < 1.29 is 22.7 Å². The molecule has 0 spiro atoms. The third kappa shape index (κ3) is 5.36. The summed E-state index contributed by atoms with van der Waals surface area (Å²) in [5.41, 5.74) is -0.855. The predicted octanol–water partition coefficient (Wildman–Crippen LogP) is 1.31. The summed E-state index contributed by atoms with van der Waals surface area (Å²) in [6.45, 7) is 1.69. The first-order valence-corrected chi connectivity index (χ1v) is 12.2. The number of methoxy groups -OCH3 is 1. The summed E-state index contributed by atoms with van der Waals surface area (Å²) in [5.74, 6) is -0.484. The van der Waals surface area contributed by atoms with Crippen molar-refractivity contribution >= 4 is 16.0 Å². The summed E-state index contributed by atoms with van der Waals surface area (Å²) in [6.07, 6.45) is 3.72. The van der Waals surface area contributed by atoms with Gasteiger partial charge in [-0.3, -0.25) is 13.9 Å². The van der Waals surface area contributed by atoms with E-state index in [9.17, 15) is 22.8 Å². The predicted molar refractivity (Wildman–Crippen MR) is 121 cm³/mol. The van der Waals surface area contributed by atoms with Crippen molar-refractivity contribution in [2.75, 3.05) is 7.11 Å². The normalized spacial score (nSPS) is 18.7. The standard InChI is InChI=1S/C22H29N3O7S/c1-14-7-5-6-8-17(14)23-33(29,30)19-11-15(9-10-18(19)31-4)21(27)32-13-16-12-20(26)25(3)22(28)24(16)2/h9-12,14,17,23H,5-8,13H2,1-4H3/t14-,17-/m1/s1. The van der Waals surface area contributed by atoms with Crippen LogP contribution in [0.25, 0.3) is 0 Å². The number of hydrogen-bond donors (Lipinski definition) is 1. The van der Waals surface area contributed by atoms with Crippen LogP contribution in [0.5, 0.6) is 5.75 Å². The van der Waals surface area contributed by atoms with Crippen LogP contribution in [0.4, 0.5) is 0 Å². The van der Waals surface area contributed by atoms with E-state index >= 15 is 0 Å². The Labute approximate surface area is 192 Å². The van der Waals surface area contributed by atoms with Crippen molar-refractivity contribution in [3.05, 3.63) is 56.4 Å². The number of hydrogen-bond acceptors (Lipinski definition) is 7. The summed E-state index contributed by atoms with van der Waals surface area (Å²) < 4.78 is 41.6. The molecule has 10 nitrogen and oxygen atoms in total. The van der Waals surface area contributed by atoms with Crippen LogP contribution in [-0.4, -0.2) is 36.7 Å². The zero-order chi connectivity index (χ0) is 24.3. The zero-order valence-electron chi connectivity index (χ0n) is 19.2. The molecule has 0 unspecified atom stereocenters. The smallest absolute Gasteiger partial charge is 0.338 e. The number of benzene rings is 1. The molecule has 1 aliphatic rings. The van der Waals surface area contributed by atoms with Gasteiger partial charge in [0.15, 0.2) is 0 Å². The fourth-order valence-corrected chi connectivity index (χ4v) is 5.48. The third-order valence-corrected chi connectivity index (χ3v) is 7.59. The minimum atomic E-state index is -3.95. The Hall–Kier alpha value is -2.92. The van der Waals surface area contributed by atoms with Crippen molar-refractivity contribution in [3.63, 3.8) is 0 Å². The monoisotopic (exact) mass is 479 g/mol. The number of rotatable bonds is 7. The molecule has 180 valence electrons. The summed E-state index contributed by atoms with van der Waals surface area (Å²) in [6, 6.07) is 5.01. The maximum absolute atomic E-state index is 13.1. The molecule has 1 heterocycles. The van der Waals surface area contributed by atoms with Crippen LogP contribution < -0.4 is 20.7 Å². The Balaban J connectivity index is 1.83. The van der Waals surface area contributed by atoms with Crippen LogP contribution in [0.1, 0.15) is 48.7 Å². The average Bonchev–Trinajstić information content (AvgIpc) is 2.79. The number of carbonyl (C=O) groups is 1. The molecule has 2 aromatic rings. The second-order valence-corrected chi connectivity index (χ2v) is 9.99. The molecular formula is C22H29N3O7S. The molecule has 1 N–H and O–H groups in total. The molecule has 3 rings (SSSR count). The second kappa shape index (κ2) is 9.92. The molecule has 1 aromatic heterocycles. The van der Waals surface area contributed by atoms with E-state index in [-0.39, 0.29) is 40.5 Å². The quantitative estimate of drug-likeness (QED) is 0.594. The van der Waals surface area contributed by atoms with E-state index in [0.29, 0.717) is 0 Å². The third-order valence-electron chi connectivity index (χ3n) is 6.08. The molecule has 0 bridgehead atoms. The van der Waals surface area contributed by atoms with Crippen molar-refractivity contribution in [3.8, 4) is 5.75 Å². The first kappa shape index (κ1) is 24.7. The van der Waals surface area contributed by atoms with Gasteiger partial charge in [0.2, 0.25) is 10.0 Å². The van der Waals surface area contributed by atoms with Gasteiger partial charge in [-0.2, -0.15) is 0 Å². The first-order valence-electron chi connectivity index (χ1n) is 10.7. The molecule has 1 aromatic carbocycles. The number of ether oxygens (including phenoxy) is 2. The largest absolute Gasteiger partial charge is 0.495 e. The van der Waals surface area contributed by atoms with Gasteiger partial charge in [-0.15, -0.1) is 0 Å². The van der Waals surface area contributed by atoms with Crippen molar-refractivity contribution in [2.45, 2.75) is 50.2 Å². The molecule has 11 heteroatoms. The van der Waals surface area contributed by atoms with Crippen molar-refractivity contribution in [1.29, 1.82) is 0 Å². The molecule has 33 heavy (non-hydrogen) atoms. The summed E-state index contributed by atoms with van der Waals surface area (Å²) in [7, 11) is 0.208.